The van der Waals surface area contributed by atoms with Gasteiger partial charge in [0.05, 0.1) is 31.6 Å². The Bertz CT molecular complexity index is 593. The summed E-state index contributed by atoms with van der Waals surface area (Å²) in [4.78, 5) is 36.4. The molecule has 1 aromatic heterocycles. The predicted octanol–water partition coefficient (Wildman–Crippen LogP) is 0.809. The van der Waals surface area contributed by atoms with Gasteiger partial charge in [-0.25, -0.2) is 4.98 Å². The Morgan fingerprint density at radius 2 is 2.00 bits per heavy atom. The number of rotatable bonds is 4. The number of H-pyrrole nitrogens is 1. The maximum Gasteiger partial charge on any atom is 0.226 e. The van der Waals surface area contributed by atoms with Crippen molar-refractivity contribution in [3.05, 3.63) is 30.4 Å². The zero-order valence-electron chi connectivity index (χ0n) is 14.0. The van der Waals surface area contributed by atoms with Gasteiger partial charge in [0.25, 0.3) is 0 Å². The van der Waals surface area contributed by atoms with Crippen molar-refractivity contribution in [2.24, 2.45) is 11.8 Å². The van der Waals surface area contributed by atoms with Gasteiger partial charge in [-0.05, 0) is 12.8 Å². The fourth-order valence-corrected chi connectivity index (χ4v) is 3.35. The molecule has 1 aromatic rings. The number of morpholine rings is 1. The van der Waals surface area contributed by atoms with E-state index >= 15 is 0 Å². The standard InChI is InChI=1S/C17H24N4O3/c1-20(12-15-18-6-7-19-15)16(22)13-4-2-3-5-14(13)17(23)21-8-10-24-11-9-21/h2-3,6-7,13-14H,4-5,8-12H2,1H3,(H,18,19). The Kier molecular flexibility index (Phi) is 5.30. The predicted molar refractivity (Wildman–Crippen MR) is 87.8 cm³/mol. The molecule has 0 bridgehead atoms. The number of aromatic nitrogens is 2. The van der Waals surface area contributed by atoms with Crippen LogP contribution in [0.15, 0.2) is 24.5 Å². The summed E-state index contributed by atoms with van der Waals surface area (Å²) in [7, 11) is 1.76. The van der Waals surface area contributed by atoms with Crippen LogP contribution in [-0.4, -0.2) is 64.9 Å². The Morgan fingerprint density at radius 3 is 2.67 bits per heavy atom. The molecule has 3 rings (SSSR count). The number of imidazole rings is 1. The number of amides is 2. The lowest BCUT2D eigenvalue weighted by Gasteiger charge is -2.35. The molecule has 0 saturated carbocycles. The number of nitrogens with zero attached hydrogens (tertiary/aromatic N) is 3. The molecule has 2 unspecified atom stereocenters. The molecule has 2 heterocycles. The Balaban J connectivity index is 1.68. The van der Waals surface area contributed by atoms with Crippen molar-refractivity contribution < 1.29 is 14.3 Å². The van der Waals surface area contributed by atoms with Crippen molar-refractivity contribution in [3.63, 3.8) is 0 Å². The van der Waals surface area contributed by atoms with Crippen LogP contribution in [-0.2, 0) is 20.9 Å². The summed E-state index contributed by atoms with van der Waals surface area (Å²) < 4.78 is 5.32. The fraction of sp³-hybridized carbons (Fsp3) is 0.588. The maximum absolute atomic E-state index is 12.9. The van der Waals surface area contributed by atoms with E-state index < -0.39 is 0 Å². The minimum absolute atomic E-state index is 0.00218. The van der Waals surface area contributed by atoms with Crippen LogP contribution in [0.2, 0.25) is 0 Å². The van der Waals surface area contributed by atoms with E-state index in [-0.39, 0.29) is 23.7 Å². The zero-order valence-corrected chi connectivity index (χ0v) is 14.0. The molecule has 0 spiro atoms. The van der Waals surface area contributed by atoms with E-state index in [1.807, 2.05) is 17.1 Å². The highest BCUT2D eigenvalue weighted by molar-refractivity contribution is 5.88. The summed E-state index contributed by atoms with van der Waals surface area (Å²) in [5, 5.41) is 0. The molecule has 7 nitrogen and oxygen atoms in total. The molecular weight excluding hydrogens is 308 g/mol. The van der Waals surface area contributed by atoms with Crippen LogP contribution in [0.25, 0.3) is 0 Å². The van der Waals surface area contributed by atoms with Crippen LogP contribution >= 0.6 is 0 Å². The van der Waals surface area contributed by atoms with E-state index in [9.17, 15) is 9.59 Å². The van der Waals surface area contributed by atoms with Crippen molar-refractivity contribution in [1.82, 2.24) is 19.8 Å². The average Bonchev–Trinajstić information content (AvgIpc) is 3.14. The number of carbonyl (C=O) groups is 2. The summed E-state index contributed by atoms with van der Waals surface area (Å²) in [6.07, 6.45) is 8.67. The highest BCUT2D eigenvalue weighted by atomic mass is 16.5. The van der Waals surface area contributed by atoms with Gasteiger partial charge in [0.2, 0.25) is 11.8 Å². The molecule has 130 valence electrons. The number of hydrogen-bond donors (Lipinski definition) is 1. The number of aromatic amines is 1. The maximum atomic E-state index is 12.9. The molecule has 24 heavy (non-hydrogen) atoms. The van der Waals surface area contributed by atoms with Gasteiger partial charge in [0, 0.05) is 32.5 Å². The summed E-state index contributed by atoms with van der Waals surface area (Å²) in [6.45, 7) is 2.80. The molecular formula is C17H24N4O3. The largest absolute Gasteiger partial charge is 0.378 e. The van der Waals surface area contributed by atoms with E-state index in [0.29, 0.717) is 45.7 Å². The lowest BCUT2D eigenvalue weighted by molar-refractivity contribution is -0.148. The van der Waals surface area contributed by atoms with Crippen LogP contribution in [0.1, 0.15) is 18.7 Å². The van der Waals surface area contributed by atoms with Crippen molar-refractivity contribution in [1.29, 1.82) is 0 Å². The number of hydrogen-bond acceptors (Lipinski definition) is 4. The molecule has 2 aliphatic rings. The SMILES string of the molecule is CN(Cc1ncc[nH]1)C(=O)C1CC=CCC1C(=O)N1CCOCC1. The van der Waals surface area contributed by atoms with Crippen molar-refractivity contribution >= 4 is 11.8 Å². The molecule has 1 fully saturated rings. The third kappa shape index (κ3) is 3.67. The second kappa shape index (κ2) is 7.61. The lowest BCUT2D eigenvalue weighted by atomic mass is 9.81. The summed E-state index contributed by atoms with van der Waals surface area (Å²) in [6, 6.07) is 0. The van der Waals surface area contributed by atoms with Gasteiger partial charge in [-0.1, -0.05) is 12.2 Å². The smallest absolute Gasteiger partial charge is 0.226 e. The van der Waals surface area contributed by atoms with Gasteiger partial charge in [0.15, 0.2) is 0 Å². The van der Waals surface area contributed by atoms with Gasteiger partial charge in [-0.2, -0.15) is 0 Å². The monoisotopic (exact) mass is 332 g/mol. The average molecular weight is 332 g/mol. The lowest BCUT2D eigenvalue weighted by Crippen LogP contribution is -2.48. The van der Waals surface area contributed by atoms with Crippen molar-refractivity contribution in [2.75, 3.05) is 33.4 Å². The van der Waals surface area contributed by atoms with Crippen LogP contribution in [0.3, 0.4) is 0 Å². The normalized spacial score (nSPS) is 24.0. The quantitative estimate of drug-likeness (QED) is 0.828. The Morgan fingerprint density at radius 1 is 1.29 bits per heavy atom. The Labute approximate surface area is 141 Å². The van der Waals surface area contributed by atoms with E-state index in [2.05, 4.69) is 9.97 Å². The van der Waals surface area contributed by atoms with Crippen LogP contribution < -0.4 is 0 Å². The van der Waals surface area contributed by atoms with Gasteiger partial charge in [-0.15, -0.1) is 0 Å². The summed E-state index contributed by atoms with van der Waals surface area (Å²) in [5.74, 6) is 0.243. The molecule has 1 aliphatic carbocycles. The number of allylic oxidation sites excluding steroid dienone is 2. The van der Waals surface area contributed by atoms with E-state index in [1.165, 1.54) is 0 Å². The number of ether oxygens (including phenoxy) is 1. The molecule has 1 N–H and O–H groups in total. The highest BCUT2D eigenvalue weighted by Gasteiger charge is 2.38. The molecule has 2 amide bonds. The van der Waals surface area contributed by atoms with Gasteiger partial charge >= 0.3 is 0 Å². The highest BCUT2D eigenvalue weighted by Crippen LogP contribution is 2.29. The van der Waals surface area contributed by atoms with Crippen LogP contribution in [0, 0.1) is 11.8 Å². The van der Waals surface area contributed by atoms with Crippen LogP contribution in [0.5, 0.6) is 0 Å². The molecule has 0 aromatic carbocycles. The molecule has 0 radical (unpaired) electrons. The minimum Gasteiger partial charge on any atom is -0.378 e. The van der Waals surface area contributed by atoms with Gasteiger partial charge in [-0.3, -0.25) is 9.59 Å². The Hall–Kier alpha value is -2.15. The van der Waals surface area contributed by atoms with E-state index in [1.54, 1.807) is 24.3 Å². The zero-order chi connectivity index (χ0) is 16.9. The molecule has 2 atom stereocenters. The molecule has 1 aliphatic heterocycles. The van der Waals surface area contributed by atoms with Crippen molar-refractivity contribution in [2.45, 2.75) is 19.4 Å². The topological polar surface area (TPSA) is 78.5 Å². The molecule has 7 heteroatoms. The number of carbonyl (C=O) groups excluding carboxylic acids is 2. The first-order valence-electron chi connectivity index (χ1n) is 8.41. The number of nitrogens with one attached hydrogen (secondary N) is 1. The molecule has 1 saturated heterocycles. The summed E-state index contributed by atoms with van der Waals surface area (Å²) >= 11 is 0. The van der Waals surface area contributed by atoms with E-state index in [4.69, 9.17) is 4.74 Å². The second-order valence-electron chi connectivity index (χ2n) is 6.32. The van der Waals surface area contributed by atoms with Gasteiger partial charge < -0.3 is 19.5 Å². The van der Waals surface area contributed by atoms with Gasteiger partial charge in [0.1, 0.15) is 5.82 Å². The minimum atomic E-state index is -0.301. The van der Waals surface area contributed by atoms with Crippen LogP contribution in [0.4, 0.5) is 0 Å². The van der Waals surface area contributed by atoms with Crippen molar-refractivity contribution in [3.8, 4) is 0 Å². The third-order valence-electron chi connectivity index (χ3n) is 4.71. The van der Waals surface area contributed by atoms with E-state index in [0.717, 1.165) is 5.82 Å². The second-order valence-corrected chi connectivity index (χ2v) is 6.32. The summed E-state index contributed by atoms with van der Waals surface area (Å²) in [5.41, 5.74) is 0. The first kappa shape index (κ1) is 16.7. The first-order chi connectivity index (χ1) is 11.7. The fourth-order valence-electron chi connectivity index (χ4n) is 3.35. The first-order valence-corrected chi connectivity index (χ1v) is 8.41. The third-order valence-corrected chi connectivity index (χ3v) is 4.71.